The van der Waals surface area contributed by atoms with E-state index in [0.717, 1.165) is 34.4 Å². The molecule has 0 aliphatic rings. The number of hydrogen-bond acceptors (Lipinski definition) is 5. The SMILES string of the molecule is CCCOc1ccccc1/C=c1/s/c(=C(/C#N)C(=O)Nc2cccc(C)c2)n(-c2ccccc2C)c1=O. The second kappa shape index (κ2) is 11.5. The standard InChI is InChI=1S/C30H27N3O3S/c1-4-16-36-26-15-8-6-12-22(26)18-27-29(35)33(25-14-7-5-11-21(25)3)30(37-27)24(19-31)28(34)32-23-13-9-10-20(2)17-23/h5-15,17-18H,4,16H2,1-3H3,(H,32,34)/b27-18+,30-24-. The number of amides is 1. The Morgan fingerprint density at radius 2 is 1.84 bits per heavy atom. The molecule has 3 aromatic carbocycles. The van der Waals surface area contributed by atoms with Crippen LogP contribution in [-0.4, -0.2) is 17.1 Å². The lowest BCUT2D eigenvalue weighted by Crippen LogP contribution is -2.32. The van der Waals surface area contributed by atoms with Crippen molar-refractivity contribution in [1.29, 1.82) is 5.26 Å². The van der Waals surface area contributed by atoms with Gasteiger partial charge in [-0.2, -0.15) is 5.26 Å². The first kappa shape index (κ1) is 25.7. The summed E-state index contributed by atoms with van der Waals surface area (Å²) in [5.74, 6) is 0.0951. The van der Waals surface area contributed by atoms with Crippen LogP contribution in [0.5, 0.6) is 5.75 Å². The average molecular weight is 510 g/mol. The van der Waals surface area contributed by atoms with Gasteiger partial charge in [0.1, 0.15) is 16.5 Å². The van der Waals surface area contributed by atoms with E-state index in [4.69, 9.17) is 4.74 Å². The van der Waals surface area contributed by atoms with E-state index in [1.165, 1.54) is 4.57 Å². The predicted octanol–water partition coefficient (Wildman–Crippen LogP) is 4.45. The van der Waals surface area contributed by atoms with Gasteiger partial charge in [0.05, 0.1) is 16.8 Å². The zero-order valence-corrected chi connectivity index (χ0v) is 21.8. The monoisotopic (exact) mass is 509 g/mol. The molecule has 0 aliphatic heterocycles. The normalized spacial score (nSPS) is 12.1. The average Bonchev–Trinajstić information content (AvgIpc) is 3.19. The maximum atomic E-state index is 13.8. The van der Waals surface area contributed by atoms with Crippen LogP contribution in [0.2, 0.25) is 0 Å². The highest BCUT2D eigenvalue weighted by Crippen LogP contribution is 2.19. The van der Waals surface area contributed by atoms with E-state index in [0.29, 0.717) is 28.3 Å². The molecule has 1 heterocycles. The summed E-state index contributed by atoms with van der Waals surface area (Å²) in [6, 6.07) is 24.3. The first-order valence-corrected chi connectivity index (χ1v) is 12.8. The number of thiazole rings is 1. The first-order chi connectivity index (χ1) is 17.9. The van der Waals surface area contributed by atoms with E-state index in [2.05, 4.69) is 5.32 Å². The lowest BCUT2D eigenvalue weighted by molar-refractivity contribution is -0.111. The molecular weight excluding hydrogens is 482 g/mol. The van der Waals surface area contributed by atoms with Crippen molar-refractivity contribution >= 4 is 34.6 Å². The number of para-hydroxylation sites is 2. The van der Waals surface area contributed by atoms with Gasteiger partial charge in [0.2, 0.25) is 0 Å². The van der Waals surface area contributed by atoms with Crippen LogP contribution in [0.3, 0.4) is 0 Å². The Bertz CT molecular complexity index is 1680. The molecule has 0 aliphatic carbocycles. The lowest BCUT2D eigenvalue weighted by Gasteiger charge is -2.08. The molecule has 0 saturated heterocycles. The van der Waals surface area contributed by atoms with Crippen LogP contribution in [0.25, 0.3) is 17.3 Å². The van der Waals surface area contributed by atoms with Crippen molar-refractivity contribution in [2.75, 3.05) is 11.9 Å². The molecule has 4 rings (SSSR count). The Morgan fingerprint density at radius 1 is 1.08 bits per heavy atom. The van der Waals surface area contributed by atoms with Crippen LogP contribution in [0.1, 0.15) is 30.0 Å². The summed E-state index contributed by atoms with van der Waals surface area (Å²) in [7, 11) is 0. The highest BCUT2D eigenvalue weighted by molar-refractivity contribution is 7.07. The van der Waals surface area contributed by atoms with E-state index >= 15 is 0 Å². The molecular formula is C30H27N3O3S. The van der Waals surface area contributed by atoms with E-state index in [1.807, 2.05) is 93.6 Å². The van der Waals surface area contributed by atoms with Gasteiger partial charge in [0, 0.05) is 11.3 Å². The molecule has 37 heavy (non-hydrogen) atoms. The van der Waals surface area contributed by atoms with Crippen LogP contribution in [-0.2, 0) is 4.79 Å². The Kier molecular flexibility index (Phi) is 8.02. The van der Waals surface area contributed by atoms with Crippen LogP contribution >= 0.6 is 11.3 Å². The summed E-state index contributed by atoms with van der Waals surface area (Å²) in [6.45, 7) is 6.39. The Morgan fingerprint density at radius 3 is 2.57 bits per heavy atom. The Labute approximate surface area is 219 Å². The van der Waals surface area contributed by atoms with Crippen molar-refractivity contribution in [3.05, 3.63) is 109 Å². The van der Waals surface area contributed by atoms with Crippen LogP contribution < -0.4 is 24.8 Å². The number of nitrogens with zero attached hydrogens (tertiary/aromatic N) is 2. The van der Waals surface area contributed by atoms with Crippen molar-refractivity contribution in [1.82, 2.24) is 4.57 Å². The fourth-order valence-corrected chi connectivity index (χ4v) is 4.97. The number of hydrogen-bond donors (Lipinski definition) is 1. The lowest BCUT2D eigenvalue weighted by atomic mass is 10.2. The maximum absolute atomic E-state index is 13.8. The van der Waals surface area contributed by atoms with Gasteiger partial charge >= 0.3 is 0 Å². The number of carbonyl (C=O) groups excluding carboxylic acids is 1. The molecule has 0 fully saturated rings. The molecule has 6 nitrogen and oxygen atoms in total. The van der Waals surface area contributed by atoms with Gasteiger partial charge in [-0.05, 0) is 61.7 Å². The predicted molar refractivity (Wildman–Crippen MR) is 149 cm³/mol. The van der Waals surface area contributed by atoms with Crippen molar-refractivity contribution in [3.63, 3.8) is 0 Å². The summed E-state index contributed by atoms with van der Waals surface area (Å²) < 4.78 is 7.98. The quantitative estimate of drug-likeness (QED) is 0.399. The maximum Gasteiger partial charge on any atom is 0.273 e. The Balaban J connectivity index is 1.97. The smallest absolute Gasteiger partial charge is 0.273 e. The van der Waals surface area contributed by atoms with Crippen molar-refractivity contribution < 1.29 is 9.53 Å². The summed E-state index contributed by atoms with van der Waals surface area (Å²) in [4.78, 5) is 27.0. The molecule has 186 valence electrons. The molecule has 7 heteroatoms. The van der Waals surface area contributed by atoms with Gasteiger partial charge in [-0.15, -0.1) is 11.3 Å². The summed E-state index contributed by atoms with van der Waals surface area (Å²) >= 11 is 1.11. The largest absolute Gasteiger partial charge is 0.493 e. The van der Waals surface area contributed by atoms with Gasteiger partial charge in [0.25, 0.3) is 11.5 Å². The van der Waals surface area contributed by atoms with Crippen LogP contribution in [0, 0.1) is 25.2 Å². The topological polar surface area (TPSA) is 84.1 Å². The zero-order chi connectivity index (χ0) is 26.4. The number of nitriles is 1. The van der Waals surface area contributed by atoms with Gasteiger partial charge in [-0.1, -0.05) is 55.5 Å². The molecule has 0 radical (unpaired) electrons. The molecule has 4 aromatic rings. The fraction of sp³-hybridized carbons (Fsp3) is 0.167. The first-order valence-electron chi connectivity index (χ1n) is 12.0. The molecule has 0 spiro atoms. The van der Waals surface area contributed by atoms with Gasteiger partial charge in [-0.3, -0.25) is 14.2 Å². The van der Waals surface area contributed by atoms with Crippen molar-refractivity contribution in [3.8, 4) is 17.5 Å². The highest BCUT2D eigenvalue weighted by atomic mass is 32.1. The highest BCUT2D eigenvalue weighted by Gasteiger charge is 2.18. The number of nitrogens with one attached hydrogen (secondary N) is 1. The third-order valence-corrected chi connectivity index (χ3v) is 6.77. The van der Waals surface area contributed by atoms with E-state index in [9.17, 15) is 14.9 Å². The molecule has 1 N–H and O–H groups in total. The zero-order valence-electron chi connectivity index (χ0n) is 20.9. The van der Waals surface area contributed by atoms with Crippen LogP contribution in [0.15, 0.2) is 77.6 Å². The number of ether oxygens (including phenoxy) is 1. The third kappa shape index (κ3) is 5.71. The van der Waals surface area contributed by atoms with Gasteiger partial charge in [0.15, 0.2) is 5.57 Å². The third-order valence-electron chi connectivity index (χ3n) is 5.68. The summed E-state index contributed by atoms with van der Waals surface area (Å²) in [6.07, 6.45) is 2.61. The Hall–Kier alpha value is -4.41. The van der Waals surface area contributed by atoms with E-state index in [-0.39, 0.29) is 15.8 Å². The minimum Gasteiger partial charge on any atom is -0.493 e. The number of aromatic nitrogens is 1. The molecule has 1 aromatic heterocycles. The fourth-order valence-electron chi connectivity index (χ4n) is 3.88. The molecule has 0 atom stereocenters. The van der Waals surface area contributed by atoms with Gasteiger partial charge in [-0.25, -0.2) is 0 Å². The summed E-state index contributed by atoms with van der Waals surface area (Å²) in [5.41, 5.74) is 3.32. The number of benzene rings is 3. The number of anilines is 1. The summed E-state index contributed by atoms with van der Waals surface area (Å²) in [5, 5.41) is 12.9. The number of carbonyl (C=O) groups is 1. The van der Waals surface area contributed by atoms with E-state index in [1.54, 1.807) is 12.1 Å². The van der Waals surface area contributed by atoms with Crippen molar-refractivity contribution in [2.24, 2.45) is 0 Å². The van der Waals surface area contributed by atoms with Gasteiger partial charge < -0.3 is 10.1 Å². The minimum atomic E-state index is -0.574. The molecule has 1 amide bonds. The van der Waals surface area contributed by atoms with Crippen LogP contribution in [0.4, 0.5) is 5.69 Å². The molecule has 0 saturated carbocycles. The van der Waals surface area contributed by atoms with E-state index < -0.39 is 5.91 Å². The second-order valence-electron chi connectivity index (χ2n) is 8.54. The number of rotatable bonds is 7. The minimum absolute atomic E-state index is 0.137. The number of aryl methyl sites for hydroxylation is 2. The van der Waals surface area contributed by atoms with Crippen molar-refractivity contribution in [2.45, 2.75) is 27.2 Å². The molecule has 0 unspecified atom stereocenters. The molecule has 0 bridgehead atoms. The second-order valence-corrected chi connectivity index (χ2v) is 9.57.